The van der Waals surface area contributed by atoms with Gasteiger partial charge < -0.3 is 5.32 Å². The van der Waals surface area contributed by atoms with Crippen molar-refractivity contribution in [2.75, 3.05) is 7.05 Å². The summed E-state index contributed by atoms with van der Waals surface area (Å²) < 4.78 is 27.9. The van der Waals surface area contributed by atoms with Gasteiger partial charge in [-0.15, -0.1) is 0 Å². The number of hydrogen-bond donors (Lipinski definition) is 1. The van der Waals surface area contributed by atoms with Gasteiger partial charge in [-0.3, -0.25) is 9.69 Å². The third-order valence-electron chi connectivity index (χ3n) is 7.00. The number of nitrogens with zero attached hydrogens (tertiary/aromatic N) is 1. The first-order chi connectivity index (χ1) is 13.3. The number of rotatable bonds is 0. The van der Waals surface area contributed by atoms with E-state index in [1.54, 1.807) is 0 Å². The zero-order valence-corrected chi connectivity index (χ0v) is 15.8. The standard InChI is InChI=1S/C22H22F2N2O2/c1-26-18(27)22(25-19(26)28)17-12-15(5-4-14-2-3-14)6-7-16(17)13-20(22)8-10-21(23,24)11-9-20/h6-7,12,14H,2-3,8-11,13H2,1H3,(H,25,28). The molecule has 0 aromatic heterocycles. The molecule has 2 spiro atoms. The van der Waals surface area contributed by atoms with E-state index in [9.17, 15) is 18.4 Å². The van der Waals surface area contributed by atoms with E-state index in [0.29, 0.717) is 12.3 Å². The Balaban J connectivity index is 1.63. The fourth-order valence-electron chi connectivity index (χ4n) is 5.18. The lowest BCUT2D eigenvalue weighted by atomic mass is 9.61. The maximum absolute atomic E-state index is 13.9. The number of carbonyl (C=O) groups is 2. The van der Waals surface area contributed by atoms with E-state index in [1.165, 1.54) is 7.05 Å². The van der Waals surface area contributed by atoms with Crippen LogP contribution in [0.25, 0.3) is 0 Å². The lowest BCUT2D eigenvalue weighted by molar-refractivity contribution is -0.141. The van der Waals surface area contributed by atoms with Crippen LogP contribution in [0.1, 0.15) is 55.2 Å². The molecular weight excluding hydrogens is 362 g/mol. The molecular formula is C22H22F2N2O2. The number of amides is 3. The quantitative estimate of drug-likeness (QED) is 0.549. The van der Waals surface area contributed by atoms with E-state index in [1.807, 2.05) is 18.2 Å². The van der Waals surface area contributed by atoms with Gasteiger partial charge in [-0.05, 0) is 55.4 Å². The summed E-state index contributed by atoms with van der Waals surface area (Å²) in [4.78, 5) is 26.9. The minimum absolute atomic E-state index is 0.206. The molecule has 3 amide bonds. The first kappa shape index (κ1) is 17.7. The van der Waals surface area contributed by atoms with Gasteiger partial charge in [0.1, 0.15) is 0 Å². The van der Waals surface area contributed by atoms with Crippen molar-refractivity contribution in [3.8, 4) is 11.8 Å². The van der Waals surface area contributed by atoms with Gasteiger partial charge >= 0.3 is 6.03 Å². The van der Waals surface area contributed by atoms with Crippen LogP contribution in [0.2, 0.25) is 0 Å². The molecule has 1 N–H and O–H groups in total. The second kappa shape index (κ2) is 5.56. The van der Waals surface area contributed by atoms with Crippen LogP contribution in [0.3, 0.4) is 0 Å². The summed E-state index contributed by atoms with van der Waals surface area (Å²) in [5, 5.41) is 2.92. The number of fused-ring (bicyclic) bond motifs is 3. The Morgan fingerprint density at radius 1 is 1.14 bits per heavy atom. The highest BCUT2D eigenvalue weighted by Crippen LogP contribution is 2.61. The fourth-order valence-corrected chi connectivity index (χ4v) is 5.18. The molecule has 0 bridgehead atoms. The van der Waals surface area contributed by atoms with Crippen LogP contribution in [0.4, 0.5) is 13.6 Å². The molecule has 4 nitrogen and oxygen atoms in total. The van der Waals surface area contributed by atoms with Gasteiger partial charge in [0.15, 0.2) is 5.54 Å². The summed E-state index contributed by atoms with van der Waals surface area (Å²) in [6.07, 6.45) is 2.66. The molecule has 2 saturated carbocycles. The van der Waals surface area contributed by atoms with Crippen LogP contribution < -0.4 is 5.32 Å². The summed E-state index contributed by atoms with van der Waals surface area (Å²) in [5.74, 6) is 3.80. The van der Waals surface area contributed by atoms with Crippen molar-refractivity contribution in [2.24, 2.45) is 11.3 Å². The van der Waals surface area contributed by atoms with Gasteiger partial charge in [-0.25, -0.2) is 13.6 Å². The number of benzene rings is 1. The zero-order valence-electron chi connectivity index (χ0n) is 15.8. The van der Waals surface area contributed by atoms with Crippen LogP contribution in [0, 0.1) is 23.2 Å². The number of hydrogen-bond acceptors (Lipinski definition) is 2. The normalized spacial score (nSPS) is 29.6. The molecule has 146 valence electrons. The van der Waals surface area contributed by atoms with E-state index in [-0.39, 0.29) is 31.6 Å². The molecule has 5 rings (SSSR count). The van der Waals surface area contributed by atoms with Crippen molar-refractivity contribution >= 4 is 11.9 Å². The maximum Gasteiger partial charge on any atom is 0.325 e. The number of halogens is 2. The third-order valence-corrected chi connectivity index (χ3v) is 7.00. The lowest BCUT2D eigenvalue weighted by Crippen LogP contribution is -2.57. The van der Waals surface area contributed by atoms with E-state index in [0.717, 1.165) is 34.4 Å². The van der Waals surface area contributed by atoms with E-state index in [4.69, 9.17) is 0 Å². The van der Waals surface area contributed by atoms with Crippen molar-refractivity contribution in [1.82, 2.24) is 10.2 Å². The van der Waals surface area contributed by atoms with Gasteiger partial charge in [0.05, 0.1) is 0 Å². The lowest BCUT2D eigenvalue weighted by Gasteiger charge is -2.46. The van der Waals surface area contributed by atoms with Gasteiger partial charge in [0, 0.05) is 36.8 Å². The van der Waals surface area contributed by atoms with Gasteiger partial charge in [0.25, 0.3) is 5.91 Å². The van der Waals surface area contributed by atoms with Crippen molar-refractivity contribution in [2.45, 2.75) is 56.4 Å². The molecule has 1 saturated heterocycles. The maximum atomic E-state index is 13.9. The third kappa shape index (κ3) is 2.35. The number of nitrogens with one attached hydrogen (secondary N) is 1. The monoisotopic (exact) mass is 384 g/mol. The molecule has 4 aliphatic rings. The van der Waals surface area contributed by atoms with E-state index in [2.05, 4.69) is 17.2 Å². The Morgan fingerprint density at radius 2 is 1.86 bits per heavy atom. The predicted molar refractivity (Wildman–Crippen MR) is 98.6 cm³/mol. The van der Waals surface area contributed by atoms with Crippen molar-refractivity contribution in [3.05, 3.63) is 34.9 Å². The smallest absolute Gasteiger partial charge is 0.319 e. The number of imide groups is 1. The molecule has 3 aliphatic carbocycles. The Kier molecular flexibility index (Phi) is 3.51. The highest BCUT2D eigenvalue weighted by atomic mass is 19.3. The van der Waals surface area contributed by atoms with Crippen molar-refractivity contribution in [1.29, 1.82) is 0 Å². The van der Waals surface area contributed by atoms with Gasteiger partial charge in [-0.1, -0.05) is 17.9 Å². The number of alkyl halides is 2. The average molecular weight is 384 g/mol. The number of urea groups is 1. The molecule has 1 aliphatic heterocycles. The van der Waals surface area contributed by atoms with Crippen molar-refractivity contribution in [3.63, 3.8) is 0 Å². The molecule has 28 heavy (non-hydrogen) atoms. The van der Waals surface area contributed by atoms with Crippen LogP contribution in [0.5, 0.6) is 0 Å². The van der Waals surface area contributed by atoms with E-state index >= 15 is 0 Å². The molecule has 1 aromatic rings. The molecule has 1 atom stereocenters. The minimum atomic E-state index is -2.71. The molecule has 3 fully saturated rings. The Labute approximate surface area is 162 Å². The van der Waals surface area contributed by atoms with Crippen LogP contribution in [-0.4, -0.2) is 29.8 Å². The Hall–Kier alpha value is -2.42. The second-order valence-corrected chi connectivity index (χ2v) is 8.77. The molecule has 1 heterocycles. The summed E-state index contributed by atoms with van der Waals surface area (Å²) >= 11 is 0. The number of likely N-dealkylation sites (N-methyl/N-ethyl adjacent to an activating group) is 1. The highest BCUT2D eigenvalue weighted by molar-refractivity contribution is 6.08. The van der Waals surface area contributed by atoms with Gasteiger partial charge in [0.2, 0.25) is 5.92 Å². The summed E-state index contributed by atoms with van der Waals surface area (Å²) in [6.45, 7) is 0. The SMILES string of the molecule is CN1C(=O)NC2(C1=O)c1cc(C#CC3CC3)ccc1CC21CCC(F)(F)CC1. The van der Waals surface area contributed by atoms with Crippen LogP contribution in [0.15, 0.2) is 18.2 Å². The highest BCUT2D eigenvalue weighted by Gasteiger charge is 2.68. The molecule has 1 unspecified atom stereocenters. The van der Waals surface area contributed by atoms with Crippen molar-refractivity contribution < 1.29 is 18.4 Å². The first-order valence-corrected chi connectivity index (χ1v) is 9.90. The van der Waals surface area contributed by atoms with Gasteiger partial charge in [-0.2, -0.15) is 0 Å². The Bertz CT molecular complexity index is 947. The fraction of sp³-hybridized carbons (Fsp3) is 0.545. The topological polar surface area (TPSA) is 49.4 Å². The van der Waals surface area contributed by atoms with Crippen LogP contribution >= 0.6 is 0 Å². The predicted octanol–water partition coefficient (Wildman–Crippen LogP) is 3.58. The molecule has 1 aromatic carbocycles. The summed E-state index contributed by atoms with van der Waals surface area (Å²) in [6, 6.07) is 5.31. The summed E-state index contributed by atoms with van der Waals surface area (Å²) in [7, 11) is 1.45. The first-order valence-electron chi connectivity index (χ1n) is 9.90. The Morgan fingerprint density at radius 3 is 2.46 bits per heavy atom. The average Bonchev–Trinajstić information content (AvgIpc) is 3.42. The summed E-state index contributed by atoms with van der Waals surface area (Å²) in [5.41, 5.74) is 0.521. The molecule has 6 heteroatoms. The minimum Gasteiger partial charge on any atom is -0.319 e. The number of carbonyl (C=O) groups excluding carboxylic acids is 2. The zero-order chi connectivity index (χ0) is 19.7. The van der Waals surface area contributed by atoms with E-state index < -0.39 is 22.9 Å². The molecule has 0 radical (unpaired) electrons. The van der Waals surface area contributed by atoms with Crippen LogP contribution in [-0.2, 0) is 16.8 Å². The largest absolute Gasteiger partial charge is 0.325 e. The second-order valence-electron chi connectivity index (χ2n) is 8.77.